The zero-order valence-electron chi connectivity index (χ0n) is 11.3. The van der Waals surface area contributed by atoms with Crippen LogP contribution in [0.2, 0.25) is 0 Å². The average molecular weight is 272 g/mol. The van der Waals surface area contributed by atoms with Gasteiger partial charge in [-0.2, -0.15) is 0 Å². The molecule has 1 saturated carbocycles. The van der Waals surface area contributed by atoms with Crippen LogP contribution in [0.4, 0.5) is 0 Å². The minimum absolute atomic E-state index is 0.546. The monoisotopic (exact) mass is 272 g/mol. The zero-order chi connectivity index (χ0) is 14.2. The molecule has 0 unspecified atom stereocenters. The lowest BCUT2D eigenvalue weighted by atomic mass is 9.76. The van der Waals surface area contributed by atoms with Crippen molar-refractivity contribution >= 4 is 5.97 Å². The van der Waals surface area contributed by atoms with Crippen LogP contribution in [0.25, 0.3) is 11.4 Å². The van der Waals surface area contributed by atoms with Crippen molar-refractivity contribution < 1.29 is 9.90 Å². The second kappa shape index (κ2) is 4.70. The van der Waals surface area contributed by atoms with Crippen molar-refractivity contribution in [1.29, 1.82) is 0 Å². The van der Waals surface area contributed by atoms with E-state index in [2.05, 4.69) is 22.4 Å². The predicted molar refractivity (Wildman–Crippen MR) is 72.1 cm³/mol. The van der Waals surface area contributed by atoms with E-state index < -0.39 is 11.5 Å². The molecule has 1 N–H and O–H groups in total. The summed E-state index contributed by atoms with van der Waals surface area (Å²) in [5.41, 5.74) is 1.05. The molecule has 1 fully saturated rings. The first-order valence-electron chi connectivity index (χ1n) is 6.79. The fourth-order valence-corrected chi connectivity index (χ4v) is 2.72. The standard InChI is InChI=1S/C14H16N4O2/c1-2-10-6-3-4-7-11(10)12-15-16-17-18(12)14(13(19)20)8-5-9-14/h3-4,6-7H,2,5,8-9H2,1H3,(H,19,20). The summed E-state index contributed by atoms with van der Waals surface area (Å²) in [5.74, 6) is -0.309. The Morgan fingerprint density at radius 3 is 2.75 bits per heavy atom. The smallest absolute Gasteiger partial charge is 0.331 e. The van der Waals surface area contributed by atoms with Crippen LogP contribution in [0.15, 0.2) is 24.3 Å². The fraction of sp³-hybridized carbons (Fsp3) is 0.429. The van der Waals surface area contributed by atoms with Gasteiger partial charge in [0.2, 0.25) is 0 Å². The number of nitrogens with zero attached hydrogens (tertiary/aromatic N) is 4. The van der Waals surface area contributed by atoms with Crippen LogP contribution in [0.5, 0.6) is 0 Å². The first-order chi connectivity index (χ1) is 9.69. The summed E-state index contributed by atoms with van der Waals surface area (Å²) in [4.78, 5) is 11.6. The maximum absolute atomic E-state index is 11.6. The van der Waals surface area contributed by atoms with Crippen molar-refractivity contribution in [2.24, 2.45) is 0 Å². The Labute approximate surface area is 116 Å². The third-order valence-corrected chi connectivity index (χ3v) is 4.09. The lowest BCUT2D eigenvalue weighted by Crippen LogP contribution is -2.48. The topological polar surface area (TPSA) is 80.9 Å². The molecule has 1 aliphatic carbocycles. The molecule has 0 amide bonds. The van der Waals surface area contributed by atoms with Crippen molar-refractivity contribution in [2.45, 2.75) is 38.1 Å². The number of aliphatic carboxylic acids is 1. The summed E-state index contributed by atoms with van der Waals surface area (Å²) in [6, 6.07) is 7.84. The summed E-state index contributed by atoms with van der Waals surface area (Å²) in [6.45, 7) is 2.06. The van der Waals surface area contributed by atoms with E-state index in [9.17, 15) is 9.90 Å². The molecule has 1 aliphatic rings. The maximum Gasteiger partial charge on any atom is 0.331 e. The lowest BCUT2D eigenvalue weighted by Gasteiger charge is -2.37. The molecule has 0 radical (unpaired) electrons. The number of aryl methyl sites for hydroxylation is 1. The van der Waals surface area contributed by atoms with Gasteiger partial charge in [-0.15, -0.1) is 5.10 Å². The minimum Gasteiger partial charge on any atom is -0.479 e. The van der Waals surface area contributed by atoms with Crippen LogP contribution in [0.3, 0.4) is 0 Å². The van der Waals surface area contributed by atoms with Crippen molar-refractivity contribution in [3.8, 4) is 11.4 Å². The number of carbonyl (C=O) groups is 1. The molecule has 1 aromatic carbocycles. The number of carboxylic acid groups (broad SMARTS) is 1. The Morgan fingerprint density at radius 2 is 2.15 bits per heavy atom. The van der Waals surface area contributed by atoms with E-state index >= 15 is 0 Å². The van der Waals surface area contributed by atoms with Gasteiger partial charge in [-0.1, -0.05) is 31.2 Å². The van der Waals surface area contributed by atoms with E-state index in [0.29, 0.717) is 18.7 Å². The van der Waals surface area contributed by atoms with Crippen LogP contribution < -0.4 is 0 Å². The molecule has 2 aromatic rings. The number of aromatic nitrogens is 4. The van der Waals surface area contributed by atoms with Gasteiger partial charge >= 0.3 is 5.97 Å². The van der Waals surface area contributed by atoms with Crippen LogP contribution in [0, 0.1) is 0 Å². The van der Waals surface area contributed by atoms with Crippen molar-refractivity contribution in [3.05, 3.63) is 29.8 Å². The zero-order valence-corrected chi connectivity index (χ0v) is 11.3. The fourth-order valence-electron chi connectivity index (χ4n) is 2.72. The Morgan fingerprint density at radius 1 is 1.40 bits per heavy atom. The number of tetrazole rings is 1. The third kappa shape index (κ3) is 1.71. The summed E-state index contributed by atoms with van der Waals surface area (Å²) in [5, 5.41) is 21.3. The van der Waals surface area contributed by atoms with Gasteiger partial charge in [-0.25, -0.2) is 9.48 Å². The van der Waals surface area contributed by atoms with Gasteiger partial charge in [-0.05, 0) is 41.7 Å². The van der Waals surface area contributed by atoms with Crippen LogP contribution >= 0.6 is 0 Å². The number of carboxylic acids is 1. The molecule has 0 aliphatic heterocycles. The molecular formula is C14H16N4O2. The van der Waals surface area contributed by atoms with Gasteiger partial charge in [0.25, 0.3) is 0 Å². The highest BCUT2D eigenvalue weighted by Crippen LogP contribution is 2.41. The highest BCUT2D eigenvalue weighted by molar-refractivity contribution is 5.79. The molecule has 1 heterocycles. The summed E-state index contributed by atoms with van der Waals surface area (Å²) < 4.78 is 1.49. The second-order valence-electron chi connectivity index (χ2n) is 5.12. The normalized spacial score (nSPS) is 16.6. The van der Waals surface area contributed by atoms with E-state index in [1.165, 1.54) is 4.68 Å². The average Bonchev–Trinajstić information content (AvgIpc) is 2.86. The molecule has 6 nitrogen and oxygen atoms in total. The van der Waals surface area contributed by atoms with Gasteiger partial charge in [0, 0.05) is 5.56 Å². The van der Waals surface area contributed by atoms with Gasteiger partial charge in [0.15, 0.2) is 11.4 Å². The van der Waals surface area contributed by atoms with Gasteiger partial charge in [0.1, 0.15) is 0 Å². The largest absolute Gasteiger partial charge is 0.479 e. The molecule has 3 rings (SSSR count). The number of rotatable bonds is 4. The summed E-state index contributed by atoms with van der Waals surface area (Å²) in [6.07, 6.45) is 2.90. The Kier molecular flexibility index (Phi) is 3.00. The van der Waals surface area contributed by atoms with E-state index in [1.54, 1.807) is 0 Å². The van der Waals surface area contributed by atoms with E-state index in [1.807, 2.05) is 24.3 Å². The summed E-state index contributed by atoms with van der Waals surface area (Å²) >= 11 is 0. The predicted octanol–water partition coefficient (Wildman–Crippen LogP) is 1.87. The first-order valence-corrected chi connectivity index (χ1v) is 6.79. The Hall–Kier alpha value is -2.24. The third-order valence-electron chi connectivity index (χ3n) is 4.09. The van der Waals surface area contributed by atoms with E-state index in [0.717, 1.165) is 24.0 Å². The second-order valence-corrected chi connectivity index (χ2v) is 5.12. The maximum atomic E-state index is 11.6. The van der Waals surface area contributed by atoms with Crippen LogP contribution in [-0.4, -0.2) is 31.3 Å². The Balaban J connectivity index is 2.13. The highest BCUT2D eigenvalue weighted by Gasteiger charge is 2.49. The number of hydrogen-bond donors (Lipinski definition) is 1. The molecule has 104 valence electrons. The molecule has 0 atom stereocenters. The van der Waals surface area contributed by atoms with Gasteiger partial charge in [0.05, 0.1) is 0 Å². The Bertz CT molecular complexity index is 646. The molecular weight excluding hydrogens is 256 g/mol. The quantitative estimate of drug-likeness (QED) is 0.918. The van der Waals surface area contributed by atoms with E-state index in [-0.39, 0.29) is 0 Å². The number of benzene rings is 1. The van der Waals surface area contributed by atoms with Crippen molar-refractivity contribution in [2.75, 3.05) is 0 Å². The van der Waals surface area contributed by atoms with Crippen LogP contribution in [-0.2, 0) is 16.8 Å². The lowest BCUT2D eigenvalue weighted by molar-refractivity contribution is -0.153. The minimum atomic E-state index is -0.973. The summed E-state index contributed by atoms with van der Waals surface area (Å²) in [7, 11) is 0. The van der Waals surface area contributed by atoms with Gasteiger partial charge in [-0.3, -0.25) is 0 Å². The number of hydrogen-bond acceptors (Lipinski definition) is 4. The van der Waals surface area contributed by atoms with E-state index in [4.69, 9.17) is 0 Å². The SMILES string of the molecule is CCc1ccccc1-c1nnnn1C1(C(=O)O)CCC1. The van der Waals surface area contributed by atoms with Crippen molar-refractivity contribution in [1.82, 2.24) is 20.2 Å². The molecule has 0 bridgehead atoms. The molecule has 0 saturated heterocycles. The molecule has 20 heavy (non-hydrogen) atoms. The first kappa shape index (κ1) is 12.8. The molecule has 6 heteroatoms. The highest BCUT2D eigenvalue weighted by atomic mass is 16.4. The molecule has 0 spiro atoms. The van der Waals surface area contributed by atoms with Crippen molar-refractivity contribution in [3.63, 3.8) is 0 Å². The van der Waals surface area contributed by atoms with Gasteiger partial charge < -0.3 is 5.11 Å². The van der Waals surface area contributed by atoms with Crippen LogP contribution in [0.1, 0.15) is 31.7 Å². The molecule has 1 aromatic heterocycles.